The van der Waals surface area contributed by atoms with Crippen molar-refractivity contribution in [3.8, 4) is 0 Å². The Morgan fingerprint density at radius 3 is 2.80 bits per heavy atom. The van der Waals surface area contributed by atoms with Gasteiger partial charge in [0.2, 0.25) is 0 Å². The Labute approximate surface area is 156 Å². The summed E-state index contributed by atoms with van der Waals surface area (Å²) in [6.07, 6.45) is 1.60. The van der Waals surface area contributed by atoms with Crippen molar-refractivity contribution in [2.45, 2.75) is 0 Å². The number of nitrogens with one attached hydrogen (secondary N) is 2. The Morgan fingerprint density at radius 2 is 1.96 bits per heavy atom. The van der Waals surface area contributed by atoms with Gasteiger partial charge in [0, 0.05) is 27.1 Å². The maximum atomic E-state index is 12.5. The third-order valence-electron chi connectivity index (χ3n) is 3.92. The predicted molar refractivity (Wildman–Crippen MR) is 107 cm³/mol. The highest BCUT2D eigenvalue weighted by Gasteiger charge is 2.13. The molecule has 4 N–H and O–H groups in total. The number of anilines is 3. The third-order valence-corrected chi connectivity index (χ3v) is 4.74. The first-order valence-corrected chi connectivity index (χ1v) is 8.63. The molecule has 25 heavy (non-hydrogen) atoms. The van der Waals surface area contributed by atoms with Gasteiger partial charge in [0.15, 0.2) is 0 Å². The van der Waals surface area contributed by atoms with Gasteiger partial charge in [0.05, 0.1) is 21.6 Å². The molecule has 0 aliphatic carbocycles. The normalized spacial score (nSPS) is 11.1. The monoisotopic (exact) mass is 414 g/mol. The first-order chi connectivity index (χ1) is 12.0. The molecule has 2 aromatic carbocycles. The first-order valence-electron chi connectivity index (χ1n) is 7.45. The van der Waals surface area contributed by atoms with Crippen molar-refractivity contribution >= 4 is 66.4 Å². The summed E-state index contributed by atoms with van der Waals surface area (Å²) < 4.78 is 0.880. The molecule has 2 aromatic heterocycles. The summed E-state index contributed by atoms with van der Waals surface area (Å²) in [6, 6.07) is 12.6. The average molecular weight is 416 g/mol. The minimum atomic E-state index is -0.176. The van der Waals surface area contributed by atoms with Gasteiger partial charge in [-0.2, -0.15) is 0 Å². The van der Waals surface area contributed by atoms with E-state index in [1.54, 1.807) is 24.4 Å². The number of nitrogens with zero attached hydrogens (tertiary/aromatic N) is 1. The van der Waals surface area contributed by atoms with E-state index < -0.39 is 0 Å². The fourth-order valence-electron chi connectivity index (χ4n) is 2.79. The molecule has 0 atom stereocenters. The summed E-state index contributed by atoms with van der Waals surface area (Å²) in [5.41, 5.74) is 7.59. The lowest BCUT2D eigenvalue weighted by Gasteiger charge is -2.13. The first kappa shape index (κ1) is 15.9. The largest absolute Gasteiger partial charge is 0.399 e. The van der Waals surface area contributed by atoms with Crippen molar-refractivity contribution < 1.29 is 0 Å². The number of rotatable bonds is 2. The third kappa shape index (κ3) is 2.83. The van der Waals surface area contributed by atoms with Gasteiger partial charge in [-0.1, -0.05) is 27.5 Å². The number of benzene rings is 2. The van der Waals surface area contributed by atoms with Gasteiger partial charge in [-0.3, -0.25) is 4.79 Å². The van der Waals surface area contributed by atoms with Crippen molar-refractivity contribution in [2.24, 2.45) is 0 Å². The minimum Gasteiger partial charge on any atom is -0.399 e. The number of aromatic amines is 1. The van der Waals surface area contributed by atoms with Gasteiger partial charge >= 0.3 is 0 Å². The zero-order valence-electron chi connectivity index (χ0n) is 12.8. The van der Waals surface area contributed by atoms with Crippen LogP contribution < -0.4 is 16.6 Å². The topological polar surface area (TPSA) is 83.8 Å². The molecule has 7 heteroatoms. The summed E-state index contributed by atoms with van der Waals surface area (Å²) in [4.78, 5) is 19.8. The number of aromatic nitrogens is 2. The molecule has 0 saturated heterocycles. The lowest BCUT2D eigenvalue weighted by molar-refractivity contribution is 1.27. The molecule has 0 amide bonds. The minimum absolute atomic E-state index is 0.176. The molecule has 4 aromatic rings. The van der Waals surface area contributed by atoms with E-state index in [1.165, 1.54) is 0 Å². The van der Waals surface area contributed by atoms with Gasteiger partial charge in [-0.15, -0.1) is 0 Å². The zero-order chi connectivity index (χ0) is 17.6. The molecule has 0 radical (unpaired) electrons. The van der Waals surface area contributed by atoms with E-state index in [4.69, 9.17) is 17.3 Å². The molecule has 2 heterocycles. The zero-order valence-corrected chi connectivity index (χ0v) is 15.1. The van der Waals surface area contributed by atoms with Crippen LogP contribution in [0.25, 0.3) is 21.7 Å². The molecular weight excluding hydrogens is 404 g/mol. The fraction of sp³-hybridized carbons (Fsp3) is 0. The Bertz CT molecular complexity index is 1190. The summed E-state index contributed by atoms with van der Waals surface area (Å²) in [7, 11) is 0. The number of halogens is 2. The number of fused-ring (bicyclic) bond motifs is 3. The van der Waals surface area contributed by atoms with Crippen molar-refractivity contribution in [2.75, 3.05) is 11.1 Å². The number of H-pyrrole nitrogens is 1. The Balaban J connectivity index is 2.03. The fourth-order valence-corrected chi connectivity index (χ4v) is 3.32. The molecule has 4 rings (SSSR count). The Hall–Kier alpha value is -2.57. The van der Waals surface area contributed by atoms with Gasteiger partial charge in [-0.05, 0) is 42.5 Å². The van der Waals surface area contributed by atoms with Crippen LogP contribution >= 0.6 is 27.5 Å². The van der Waals surface area contributed by atoms with E-state index in [0.717, 1.165) is 9.86 Å². The predicted octanol–water partition coefficient (Wildman–Crippen LogP) is 4.82. The van der Waals surface area contributed by atoms with Crippen LogP contribution in [0.4, 0.5) is 17.2 Å². The second-order valence-electron chi connectivity index (χ2n) is 5.58. The lowest BCUT2D eigenvalue weighted by Crippen LogP contribution is -2.08. The van der Waals surface area contributed by atoms with Crippen molar-refractivity contribution in [1.29, 1.82) is 0 Å². The summed E-state index contributed by atoms with van der Waals surface area (Å²) in [5, 5.41) is 5.76. The Morgan fingerprint density at radius 1 is 1.12 bits per heavy atom. The van der Waals surface area contributed by atoms with Crippen molar-refractivity contribution in [3.05, 3.63) is 68.5 Å². The number of pyridine rings is 2. The molecule has 0 saturated carbocycles. The average Bonchev–Trinajstić information content (AvgIpc) is 2.59. The van der Waals surface area contributed by atoms with Crippen LogP contribution in [-0.2, 0) is 0 Å². The highest BCUT2D eigenvalue weighted by atomic mass is 79.9. The van der Waals surface area contributed by atoms with Gasteiger partial charge < -0.3 is 16.0 Å². The number of hydrogen-bond acceptors (Lipinski definition) is 4. The van der Waals surface area contributed by atoms with E-state index >= 15 is 0 Å². The quantitative estimate of drug-likeness (QED) is 0.324. The molecule has 0 spiro atoms. The highest BCUT2D eigenvalue weighted by molar-refractivity contribution is 9.10. The van der Waals surface area contributed by atoms with E-state index in [-0.39, 0.29) is 5.56 Å². The number of nitrogen functional groups attached to an aromatic ring is 1. The number of hydrogen-bond donors (Lipinski definition) is 3. The smallest absolute Gasteiger partial charge is 0.256 e. The molecule has 0 fully saturated rings. The van der Waals surface area contributed by atoms with Crippen LogP contribution in [0.2, 0.25) is 5.02 Å². The van der Waals surface area contributed by atoms with Gasteiger partial charge in [0.1, 0.15) is 5.82 Å². The van der Waals surface area contributed by atoms with Crippen LogP contribution in [0.1, 0.15) is 0 Å². The molecule has 0 unspecified atom stereocenters. The van der Waals surface area contributed by atoms with E-state index in [9.17, 15) is 4.79 Å². The summed E-state index contributed by atoms with van der Waals surface area (Å²) in [5.74, 6) is 0.545. The molecule has 124 valence electrons. The molecule has 0 bridgehead atoms. The summed E-state index contributed by atoms with van der Waals surface area (Å²) in [6.45, 7) is 0. The van der Waals surface area contributed by atoms with Crippen molar-refractivity contribution in [1.82, 2.24) is 9.97 Å². The van der Waals surface area contributed by atoms with Gasteiger partial charge in [0.25, 0.3) is 5.56 Å². The van der Waals surface area contributed by atoms with E-state index in [2.05, 4.69) is 31.2 Å². The van der Waals surface area contributed by atoms with Crippen LogP contribution in [0.3, 0.4) is 0 Å². The second kappa shape index (κ2) is 6.06. The molecular formula is C18H12BrClN4O. The van der Waals surface area contributed by atoms with E-state index in [0.29, 0.717) is 38.5 Å². The van der Waals surface area contributed by atoms with Crippen LogP contribution in [0.5, 0.6) is 0 Å². The highest BCUT2D eigenvalue weighted by Crippen LogP contribution is 2.33. The van der Waals surface area contributed by atoms with Crippen LogP contribution in [0.15, 0.2) is 57.9 Å². The maximum Gasteiger partial charge on any atom is 0.256 e. The second-order valence-corrected chi connectivity index (χ2v) is 6.90. The van der Waals surface area contributed by atoms with Crippen molar-refractivity contribution in [3.63, 3.8) is 0 Å². The maximum absolute atomic E-state index is 12.5. The molecule has 0 aliphatic heterocycles. The summed E-state index contributed by atoms with van der Waals surface area (Å²) >= 11 is 9.69. The van der Waals surface area contributed by atoms with E-state index in [1.807, 2.05) is 24.3 Å². The number of nitrogens with two attached hydrogens (primary N) is 1. The standard InChI is InChI=1S/C18H12BrClN4O/c19-9-1-4-14-12(7-9)16-11(5-6-22-18(16)25)17(23-14)24-15-8-10(21)2-3-13(15)20/h1-8H,21H2,(H,22,25)(H,23,24). The molecule has 5 nitrogen and oxygen atoms in total. The Kier molecular flexibility index (Phi) is 3.86. The molecule has 0 aliphatic rings. The SMILES string of the molecule is Nc1ccc(Cl)c(Nc2nc3ccc(Br)cc3c3c(=O)[nH]ccc23)c1. The van der Waals surface area contributed by atoms with Crippen LogP contribution in [0, 0.1) is 0 Å². The van der Waals surface area contributed by atoms with Gasteiger partial charge in [-0.25, -0.2) is 4.98 Å². The lowest BCUT2D eigenvalue weighted by atomic mass is 10.1. The van der Waals surface area contributed by atoms with Crippen LogP contribution in [-0.4, -0.2) is 9.97 Å².